The third-order valence-electron chi connectivity index (χ3n) is 6.57. The van der Waals surface area contributed by atoms with Gasteiger partial charge in [0.25, 0.3) is 0 Å². The first-order valence-electron chi connectivity index (χ1n) is 13.5. The van der Waals surface area contributed by atoms with Crippen molar-refractivity contribution in [1.29, 1.82) is 0 Å². The standard InChI is InChI=1S/C30H24F4N6O5S/c1-16(2)21-10-4-18(27(42)44-3)13-24(21)40-25(41)14-46-29(40)37-28(43)36-23-11-5-17(12-22(23)31)26-35-15-39(38-26)19-6-8-20(9-7-19)45-30(32,33)34/h4-13,15-16H,14H2,1-3H3,(H,36,43)/b37-29-. The molecule has 1 aliphatic heterocycles. The van der Waals surface area contributed by atoms with Crippen LogP contribution in [0.15, 0.2) is 72.0 Å². The van der Waals surface area contributed by atoms with Crippen molar-refractivity contribution in [2.24, 2.45) is 4.99 Å². The van der Waals surface area contributed by atoms with Crippen molar-refractivity contribution in [3.05, 3.63) is 83.9 Å². The van der Waals surface area contributed by atoms with E-state index >= 15 is 4.39 Å². The summed E-state index contributed by atoms with van der Waals surface area (Å²) < 4.78 is 62.3. The molecule has 0 spiro atoms. The number of alkyl halides is 3. The van der Waals surface area contributed by atoms with Gasteiger partial charge in [0, 0.05) is 5.56 Å². The van der Waals surface area contributed by atoms with Crippen LogP contribution in [0.5, 0.6) is 5.75 Å². The van der Waals surface area contributed by atoms with Gasteiger partial charge >= 0.3 is 18.4 Å². The van der Waals surface area contributed by atoms with E-state index in [9.17, 15) is 27.6 Å². The minimum absolute atomic E-state index is 0.000283. The Kier molecular flexibility index (Phi) is 9.09. The average molecular weight is 657 g/mol. The van der Waals surface area contributed by atoms with E-state index in [0.29, 0.717) is 11.4 Å². The third-order valence-corrected chi connectivity index (χ3v) is 7.50. The number of rotatable bonds is 7. The number of urea groups is 1. The molecule has 3 aromatic carbocycles. The number of hydrogen-bond donors (Lipinski definition) is 1. The summed E-state index contributed by atoms with van der Waals surface area (Å²) in [4.78, 5) is 47.3. The smallest absolute Gasteiger partial charge is 0.465 e. The number of thioether (sulfide) groups is 1. The minimum Gasteiger partial charge on any atom is -0.465 e. The van der Waals surface area contributed by atoms with Crippen molar-refractivity contribution < 1.29 is 41.4 Å². The summed E-state index contributed by atoms with van der Waals surface area (Å²) in [6.45, 7) is 3.82. The van der Waals surface area contributed by atoms with Crippen molar-refractivity contribution in [3.63, 3.8) is 0 Å². The Hall–Kier alpha value is -5.25. The van der Waals surface area contributed by atoms with Gasteiger partial charge in [0.1, 0.15) is 17.9 Å². The Bertz CT molecular complexity index is 1840. The fourth-order valence-corrected chi connectivity index (χ4v) is 5.32. The number of ether oxygens (including phenoxy) is 2. The average Bonchev–Trinajstić information content (AvgIpc) is 3.64. The molecule has 0 unspecified atom stereocenters. The van der Waals surface area contributed by atoms with Gasteiger partial charge in [-0.1, -0.05) is 31.7 Å². The van der Waals surface area contributed by atoms with Crippen LogP contribution in [0.2, 0.25) is 0 Å². The maximum Gasteiger partial charge on any atom is 0.573 e. The number of carbonyl (C=O) groups excluding carboxylic acids is 3. The van der Waals surface area contributed by atoms with E-state index in [4.69, 9.17) is 4.74 Å². The van der Waals surface area contributed by atoms with Crippen molar-refractivity contribution in [2.75, 3.05) is 23.1 Å². The second-order valence-electron chi connectivity index (χ2n) is 10.0. The SMILES string of the molecule is COC(=O)c1ccc(C(C)C)c(N2C(=O)CS/C2=N\C(=O)Nc2ccc(-c3ncn(-c4ccc(OC(F)(F)F)cc4)n3)cc2F)c1. The Morgan fingerprint density at radius 3 is 2.46 bits per heavy atom. The quantitative estimate of drug-likeness (QED) is 0.175. The number of hydrogen-bond acceptors (Lipinski definition) is 8. The fourth-order valence-electron chi connectivity index (χ4n) is 4.46. The molecule has 0 radical (unpaired) electrons. The monoisotopic (exact) mass is 656 g/mol. The number of nitrogens with one attached hydrogen (secondary N) is 1. The molecule has 0 aliphatic carbocycles. The second-order valence-corrected chi connectivity index (χ2v) is 11.0. The van der Waals surface area contributed by atoms with Crippen LogP contribution in [0.3, 0.4) is 0 Å². The molecule has 238 valence electrons. The van der Waals surface area contributed by atoms with Gasteiger partial charge < -0.3 is 14.8 Å². The van der Waals surface area contributed by atoms with Crippen molar-refractivity contribution in [1.82, 2.24) is 14.8 Å². The Morgan fingerprint density at radius 2 is 1.80 bits per heavy atom. The number of carbonyl (C=O) groups is 3. The lowest BCUT2D eigenvalue weighted by atomic mass is 9.98. The largest absolute Gasteiger partial charge is 0.573 e. The first-order chi connectivity index (χ1) is 21.8. The van der Waals surface area contributed by atoms with E-state index in [2.05, 4.69) is 25.1 Å². The van der Waals surface area contributed by atoms with E-state index in [0.717, 1.165) is 35.5 Å². The van der Waals surface area contributed by atoms with Crippen LogP contribution >= 0.6 is 11.8 Å². The van der Waals surface area contributed by atoms with Crippen molar-refractivity contribution in [3.8, 4) is 22.8 Å². The Balaban J connectivity index is 1.33. The van der Waals surface area contributed by atoms with Crippen LogP contribution in [-0.2, 0) is 9.53 Å². The van der Waals surface area contributed by atoms with Gasteiger partial charge in [-0.15, -0.1) is 18.3 Å². The molecule has 0 saturated carbocycles. The number of amidine groups is 1. The zero-order valence-corrected chi connectivity index (χ0v) is 25.1. The molecule has 1 saturated heterocycles. The predicted octanol–water partition coefficient (Wildman–Crippen LogP) is 6.55. The summed E-state index contributed by atoms with van der Waals surface area (Å²) >= 11 is 1.02. The van der Waals surface area contributed by atoms with E-state index in [1.165, 1.54) is 53.4 Å². The lowest BCUT2D eigenvalue weighted by Gasteiger charge is -2.22. The molecule has 1 N–H and O–H groups in total. The second kappa shape index (κ2) is 13.0. The highest BCUT2D eigenvalue weighted by Gasteiger charge is 2.33. The predicted molar refractivity (Wildman–Crippen MR) is 162 cm³/mol. The molecule has 11 nitrogen and oxygen atoms in total. The number of nitrogens with zero attached hydrogens (tertiary/aromatic N) is 5. The third kappa shape index (κ3) is 7.17. The normalized spacial score (nSPS) is 14.2. The van der Waals surface area contributed by atoms with E-state index in [-0.39, 0.29) is 45.4 Å². The number of benzene rings is 3. The summed E-state index contributed by atoms with van der Waals surface area (Å²) in [6, 6.07) is 12.6. The van der Waals surface area contributed by atoms with Crippen LogP contribution in [0.25, 0.3) is 17.1 Å². The number of halogens is 4. The molecule has 46 heavy (non-hydrogen) atoms. The van der Waals surface area contributed by atoms with Gasteiger partial charge in [-0.05, 0) is 66.1 Å². The van der Waals surface area contributed by atoms with Crippen LogP contribution < -0.4 is 15.0 Å². The summed E-state index contributed by atoms with van der Waals surface area (Å²) in [7, 11) is 1.24. The van der Waals surface area contributed by atoms with E-state index in [1.807, 2.05) is 13.8 Å². The molecule has 1 aliphatic rings. The van der Waals surface area contributed by atoms with Gasteiger partial charge in [0.2, 0.25) is 5.91 Å². The Labute approximate surface area is 263 Å². The van der Waals surface area contributed by atoms with Crippen molar-refractivity contribution in [2.45, 2.75) is 26.1 Å². The molecule has 3 amide bonds. The molecule has 16 heteroatoms. The van der Waals surface area contributed by atoms with Crippen LogP contribution in [0.4, 0.5) is 33.7 Å². The fraction of sp³-hybridized carbons (Fsp3) is 0.200. The minimum atomic E-state index is -4.82. The summed E-state index contributed by atoms with van der Waals surface area (Å²) in [5, 5.41) is 6.66. The van der Waals surface area contributed by atoms with Gasteiger partial charge in [0.15, 0.2) is 11.0 Å². The van der Waals surface area contributed by atoms with Gasteiger partial charge in [0.05, 0.1) is 35.5 Å². The molecule has 5 rings (SSSR count). The van der Waals surface area contributed by atoms with Crippen LogP contribution in [-0.4, -0.2) is 57.1 Å². The summed E-state index contributed by atoms with van der Waals surface area (Å²) in [5.74, 6) is -2.10. The molecule has 2 heterocycles. The first kappa shape index (κ1) is 32.2. The number of anilines is 2. The van der Waals surface area contributed by atoms with E-state index in [1.54, 1.807) is 12.1 Å². The van der Waals surface area contributed by atoms with Crippen LogP contribution in [0, 0.1) is 5.82 Å². The van der Waals surface area contributed by atoms with Gasteiger partial charge in [-0.2, -0.15) is 4.99 Å². The summed E-state index contributed by atoms with van der Waals surface area (Å²) in [5.41, 5.74) is 1.77. The Morgan fingerprint density at radius 1 is 1.07 bits per heavy atom. The molecule has 0 bridgehead atoms. The maximum absolute atomic E-state index is 15.1. The highest BCUT2D eigenvalue weighted by molar-refractivity contribution is 8.15. The number of aliphatic imine (C=N–C) groups is 1. The highest BCUT2D eigenvalue weighted by atomic mass is 32.2. The lowest BCUT2D eigenvalue weighted by Crippen LogP contribution is -2.31. The lowest BCUT2D eigenvalue weighted by molar-refractivity contribution is -0.274. The highest BCUT2D eigenvalue weighted by Crippen LogP contribution is 2.35. The number of methoxy groups -OCH3 is 1. The van der Waals surface area contributed by atoms with Crippen LogP contribution in [0.1, 0.15) is 35.7 Å². The topological polar surface area (TPSA) is 128 Å². The number of amides is 3. The van der Waals surface area contributed by atoms with E-state index < -0.39 is 29.9 Å². The molecular formula is C30H24F4N6O5S. The first-order valence-corrected chi connectivity index (χ1v) is 14.5. The zero-order chi connectivity index (χ0) is 33.2. The van der Waals surface area contributed by atoms with Gasteiger partial charge in [-0.25, -0.2) is 23.6 Å². The zero-order valence-electron chi connectivity index (χ0n) is 24.3. The molecule has 1 aromatic heterocycles. The number of aromatic nitrogens is 3. The molecule has 0 atom stereocenters. The van der Waals surface area contributed by atoms with Crippen molar-refractivity contribution >= 4 is 46.2 Å². The van der Waals surface area contributed by atoms with Gasteiger partial charge in [-0.3, -0.25) is 9.69 Å². The molecule has 4 aromatic rings. The summed E-state index contributed by atoms with van der Waals surface area (Å²) in [6.07, 6.45) is -3.52. The number of esters is 1. The molecule has 1 fully saturated rings. The maximum atomic E-state index is 15.1. The molecular weight excluding hydrogens is 632 g/mol.